The Morgan fingerprint density at radius 1 is 1.00 bits per heavy atom. The van der Waals surface area contributed by atoms with Crippen molar-refractivity contribution in [1.82, 2.24) is 14.6 Å². The highest BCUT2D eigenvalue weighted by Crippen LogP contribution is 2.32. The summed E-state index contributed by atoms with van der Waals surface area (Å²) in [4.78, 5) is 8.04. The summed E-state index contributed by atoms with van der Waals surface area (Å²) >= 11 is 0. The zero-order chi connectivity index (χ0) is 22.8. The predicted octanol–water partition coefficient (Wildman–Crippen LogP) is 1.97. The molecule has 0 amide bonds. The zero-order valence-corrected chi connectivity index (χ0v) is 18.0. The molecular formula is C20H23F3N4O4S. The Morgan fingerprint density at radius 3 is 2.38 bits per heavy atom. The number of alkyl halides is 3. The van der Waals surface area contributed by atoms with Crippen LogP contribution in [-0.4, -0.2) is 70.8 Å². The van der Waals surface area contributed by atoms with Crippen LogP contribution in [0.2, 0.25) is 0 Å². The largest absolute Gasteiger partial charge is 0.486 e. The minimum absolute atomic E-state index is 0.111. The molecule has 0 unspecified atom stereocenters. The Kier molecular flexibility index (Phi) is 6.45. The topological polar surface area (TPSA) is 84.0 Å². The van der Waals surface area contributed by atoms with Crippen molar-refractivity contribution in [3.05, 3.63) is 42.1 Å². The number of sulfonamides is 1. The molecule has 1 saturated heterocycles. The van der Waals surface area contributed by atoms with Gasteiger partial charge in [-0.2, -0.15) is 13.2 Å². The molecular weight excluding hydrogens is 449 g/mol. The van der Waals surface area contributed by atoms with E-state index in [9.17, 15) is 21.6 Å². The van der Waals surface area contributed by atoms with Gasteiger partial charge < -0.3 is 14.4 Å². The SMILES string of the molecule is O=S(=O)(NCCN1CCN(c2ccc(C(F)(F)F)cn2)CC1)c1ccc2c(c1)OCCO2. The van der Waals surface area contributed by atoms with Crippen LogP contribution in [0.4, 0.5) is 19.0 Å². The van der Waals surface area contributed by atoms with E-state index in [4.69, 9.17) is 9.47 Å². The Balaban J connectivity index is 1.25. The lowest BCUT2D eigenvalue weighted by atomic mass is 10.2. The predicted molar refractivity (Wildman–Crippen MR) is 111 cm³/mol. The summed E-state index contributed by atoms with van der Waals surface area (Å²) in [6.45, 7) is 4.02. The van der Waals surface area contributed by atoms with Crippen molar-refractivity contribution in [2.75, 3.05) is 57.4 Å². The van der Waals surface area contributed by atoms with E-state index in [0.29, 0.717) is 63.3 Å². The van der Waals surface area contributed by atoms with Gasteiger partial charge >= 0.3 is 6.18 Å². The van der Waals surface area contributed by atoms with Gasteiger partial charge in [0.1, 0.15) is 19.0 Å². The number of benzene rings is 1. The second-order valence-corrected chi connectivity index (χ2v) is 9.20. The van der Waals surface area contributed by atoms with Crippen molar-refractivity contribution in [3.63, 3.8) is 0 Å². The number of hydrogen-bond donors (Lipinski definition) is 1. The van der Waals surface area contributed by atoms with Gasteiger partial charge in [0.2, 0.25) is 10.0 Å². The van der Waals surface area contributed by atoms with E-state index < -0.39 is 21.8 Å². The highest BCUT2D eigenvalue weighted by molar-refractivity contribution is 7.89. The lowest BCUT2D eigenvalue weighted by Crippen LogP contribution is -2.48. The van der Waals surface area contributed by atoms with Gasteiger partial charge in [-0.25, -0.2) is 18.1 Å². The molecule has 0 atom stereocenters. The number of pyridine rings is 1. The van der Waals surface area contributed by atoms with Gasteiger partial charge in [-0.3, -0.25) is 4.90 Å². The van der Waals surface area contributed by atoms with Gasteiger partial charge in [0, 0.05) is 51.5 Å². The van der Waals surface area contributed by atoms with Crippen molar-refractivity contribution in [2.45, 2.75) is 11.1 Å². The number of piperazine rings is 1. The van der Waals surface area contributed by atoms with Crippen LogP contribution in [0.5, 0.6) is 11.5 Å². The average Bonchev–Trinajstić information content (AvgIpc) is 2.78. The number of rotatable bonds is 6. The van der Waals surface area contributed by atoms with Crippen LogP contribution in [0.3, 0.4) is 0 Å². The maximum atomic E-state index is 12.7. The smallest absolute Gasteiger partial charge is 0.417 e. The van der Waals surface area contributed by atoms with Crippen LogP contribution < -0.4 is 19.1 Å². The number of fused-ring (bicyclic) bond motifs is 1. The highest BCUT2D eigenvalue weighted by Gasteiger charge is 2.31. The van der Waals surface area contributed by atoms with E-state index in [1.54, 1.807) is 6.07 Å². The molecule has 8 nitrogen and oxygen atoms in total. The third-order valence-corrected chi connectivity index (χ3v) is 6.77. The molecule has 0 bridgehead atoms. The Morgan fingerprint density at radius 2 is 1.72 bits per heavy atom. The highest BCUT2D eigenvalue weighted by atomic mass is 32.2. The molecule has 12 heteroatoms. The molecule has 0 radical (unpaired) electrons. The fourth-order valence-electron chi connectivity index (χ4n) is 3.55. The quantitative estimate of drug-likeness (QED) is 0.688. The van der Waals surface area contributed by atoms with Crippen LogP contribution in [-0.2, 0) is 16.2 Å². The fraction of sp³-hybridized carbons (Fsp3) is 0.450. The molecule has 1 aromatic carbocycles. The lowest BCUT2D eigenvalue weighted by molar-refractivity contribution is -0.137. The summed E-state index contributed by atoms with van der Waals surface area (Å²) in [5, 5.41) is 0. The molecule has 2 aliphatic heterocycles. The van der Waals surface area contributed by atoms with Crippen molar-refractivity contribution in [1.29, 1.82) is 0 Å². The van der Waals surface area contributed by atoms with Crippen molar-refractivity contribution < 1.29 is 31.1 Å². The first-order chi connectivity index (χ1) is 15.2. The number of aromatic nitrogens is 1. The van der Waals surface area contributed by atoms with Gasteiger partial charge in [-0.05, 0) is 24.3 Å². The van der Waals surface area contributed by atoms with Crippen molar-refractivity contribution >= 4 is 15.8 Å². The first-order valence-electron chi connectivity index (χ1n) is 10.1. The van der Waals surface area contributed by atoms with Gasteiger partial charge in [-0.15, -0.1) is 0 Å². The summed E-state index contributed by atoms with van der Waals surface area (Å²) in [6, 6.07) is 6.91. The molecule has 3 heterocycles. The van der Waals surface area contributed by atoms with Crippen LogP contribution in [0.15, 0.2) is 41.4 Å². The molecule has 1 aromatic heterocycles. The lowest BCUT2D eigenvalue weighted by Gasteiger charge is -2.35. The minimum Gasteiger partial charge on any atom is -0.486 e. The number of nitrogens with one attached hydrogen (secondary N) is 1. The van der Waals surface area contributed by atoms with E-state index in [2.05, 4.69) is 14.6 Å². The van der Waals surface area contributed by atoms with Crippen LogP contribution in [0.1, 0.15) is 5.56 Å². The van der Waals surface area contributed by atoms with E-state index in [1.807, 2.05) is 4.90 Å². The standard InChI is InChI=1S/C20H23F3N4O4S/c21-20(22,23)15-1-4-19(24-14-15)27-9-7-26(8-10-27)6-5-25-32(28,29)16-2-3-17-18(13-16)31-12-11-30-17/h1-4,13-14,25H,5-12H2. The Bertz CT molecular complexity index is 1040. The van der Waals surface area contributed by atoms with Crippen LogP contribution >= 0.6 is 0 Å². The molecule has 0 spiro atoms. The van der Waals surface area contributed by atoms with E-state index >= 15 is 0 Å². The third kappa shape index (κ3) is 5.25. The van der Waals surface area contributed by atoms with Gasteiger partial charge in [-0.1, -0.05) is 0 Å². The minimum atomic E-state index is -4.41. The number of nitrogens with zero attached hydrogens (tertiary/aromatic N) is 3. The summed E-state index contributed by atoms with van der Waals surface area (Å²) in [7, 11) is -3.69. The second kappa shape index (κ2) is 9.12. The molecule has 0 saturated carbocycles. The fourth-order valence-corrected chi connectivity index (χ4v) is 4.59. The maximum Gasteiger partial charge on any atom is 0.417 e. The molecule has 4 rings (SSSR count). The maximum absolute atomic E-state index is 12.7. The number of halogens is 3. The van der Waals surface area contributed by atoms with E-state index in [-0.39, 0.29) is 11.4 Å². The molecule has 174 valence electrons. The van der Waals surface area contributed by atoms with Crippen LogP contribution in [0, 0.1) is 0 Å². The molecule has 0 aliphatic carbocycles. The Labute approximate surface area is 184 Å². The summed E-state index contributed by atoms with van der Waals surface area (Å²) in [6.07, 6.45) is -3.56. The monoisotopic (exact) mass is 472 g/mol. The molecule has 1 fully saturated rings. The first kappa shape index (κ1) is 22.6. The number of hydrogen-bond acceptors (Lipinski definition) is 7. The first-order valence-corrected chi connectivity index (χ1v) is 11.6. The van der Waals surface area contributed by atoms with E-state index in [0.717, 1.165) is 12.3 Å². The second-order valence-electron chi connectivity index (χ2n) is 7.43. The summed E-state index contributed by atoms with van der Waals surface area (Å²) < 4.78 is 76.6. The van der Waals surface area contributed by atoms with Gasteiger partial charge in [0.15, 0.2) is 11.5 Å². The van der Waals surface area contributed by atoms with Gasteiger partial charge in [0.25, 0.3) is 0 Å². The molecule has 2 aromatic rings. The number of ether oxygens (including phenoxy) is 2. The third-order valence-electron chi connectivity index (χ3n) is 5.32. The molecule has 32 heavy (non-hydrogen) atoms. The Hall–Kier alpha value is -2.57. The van der Waals surface area contributed by atoms with E-state index in [1.165, 1.54) is 18.2 Å². The van der Waals surface area contributed by atoms with Crippen molar-refractivity contribution in [2.24, 2.45) is 0 Å². The average molecular weight is 472 g/mol. The van der Waals surface area contributed by atoms with Crippen LogP contribution in [0.25, 0.3) is 0 Å². The molecule has 2 aliphatic rings. The van der Waals surface area contributed by atoms with Gasteiger partial charge in [0.05, 0.1) is 10.5 Å². The summed E-state index contributed by atoms with van der Waals surface area (Å²) in [5.41, 5.74) is -0.773. The zero-order valence-electron chi connectivity index (χ0n) is 17.1. The number of anilines is 1. The summed E-state index contributed by atoms with van der Waals surface area (Å²) in [5.74, 6) is 1.43. The van der Waals surface area contributed by atoms with Crippen molar-refractivity contribution in [3.8, 4) is 11.5 Å². The molecule has 1 N–H and O–H groups in total. The normalized spacial score (nSPS) is 17.4.